The highest BCUT2D eigenvalue weighted by molar-refractivity contribution is 7.07. The van der Waals surface area contributed by atoms with Gasteiger partial charge in [0.05, 0.1) is 41.1 Å². The Morgan fingerprint density at radius 2 is 1.83 bits per heavy atom. The van der Waals surface area contributed by atoms with Crippen LogP contribution in [-0.4, -0.2) is 35.3 Å². The van der Waals surface area contributed by atoms with Crippen molar-refractivity contribution in [1.29, 1.82) is 0 Å². The van der Waals surface area contributed by atoms with E-state index < -0.39 is 18.0 Å². The Morgan fingerprint density at radius 1 is 1.05 bits per heavy atom. The second-order valence-corrected chi connectivity index (χ2v) is 10.4. The summed E-state index contributed by atoms with van der Waals surface area (Å²) in [6, 6.07) is 20.5. The number of ether oxygens (including phenoxy) is 3. The van der Waals surface area contributed by atoms with E-state index >= 15 is 0 Å². The van der Waals surface area contributed by atoms with Gasteiger partial charge in [0.25, 0.3) is 5.56 Å². The Kier molecular flexibility index (Phi) is 8.35. The van der Waals surface area contributed by atoms with Gasteiger partial charge in [-0.1, -0.05) is 59.9 Å². The van der Waals surface area contributed by atoms with E-state index in [0.717, 1.165) is 5.56 Å². The minimum absolute atomic E-state index is 0.150. The molecule has 5 rings (SSSR count). The number of methoxy groups -OCH3 is 1. The number of benzene rings is 3. The van der Waals surface area contributed by atoms with Crippen molar-refractivity contribution in [3.8, 4) is 11.5 Å². The van der Waals surface area contributed by atoms with Gasteiger partial charge in [0.1, 0.15) is 6.61 Å². The molecule has 3 aromatic carbocycles. The predicted molar refractivity (Wildman–Crippen MR) is 158 cm³/mol. The highest BCUT2D eigenvalue weighted by Gasteiger charge is 2.33. The smallest absolute Gasteiger partial charge is 0.338 e. The summed E-state index contributed by atoms with van der Waals surface area (Å²) in [7, 11) is 1.52. The molecule has 42 heavy (non-hydrogen) atoms. The van der Waals surface area contributed by atoms with Gasteiger partial charge in [0, 0.05) is 0 Å². The summed E-state index contributed by atoms with van der Waals surface area (Å²) in [5.41, 5.74) is 2.92. The summed E-state index contributed by atoms with van der Waals surface area (Å²) >= 11 is 1.24. The molecule has 2 heterocycles. The first kappa shape index (κ1) is 28.6. The molecule has 1 N–H and O–H groups in total. The van der Waals surface area contributed by atoms with Gasteiger partial charge in [-0.25, -0.2) is 14.6 Å². The van der Waals surface area contributed by atoms with E-state index in [0.29, 0.717) is 43.2 Å². The Labute approximate surface area is 245 Å². The number of esters is 1. The zero-order valence-electron chi connectivity index (χ0n) is 23.2. The molecule has 0 saturated heterocycles. The average Bonchev–Trinajstić information content (AvgIpc) is 3.30. The van der Waals surface area contributed by atoms with Gasteiger partial charge in [-0.15, -0.1) is 0 Å². The molecule has 1 aliphatic rings. The van der Waals surface area contributed by atoms with Crippen molar-refractivity contribution in [2.24, 2.45) is 4.99 Å². The maximum Gasteiger partial charge on any atom is 0.338 e. The van der Waals surface area contributed by atoms with E-state index in [1.807, 2.05) is 30.3 Å². The van der Waals surface area contributed by atoms with Gasteiger partial charge in [-0.3, -0.25) is 9.36 Å². The van der Waals surface area contributed by atoms with Crippen LogP contribution in [0.5, 0.6) is 11.5 Å². The topological polar surface area (TPSA) is 116 Å². The van der Waals surface area contributed by atoms with E-state index in [1.165, 1.54) is 24.5 Å². The van der Waals surface area contributed by atoms with Crippen molar-refractivity contribution in [2.75, 3.05) is 13.7 Å². The van der Waals surface area contributed by atoms with Crippen LogP contribution in [0, 0.1) is 0 Å². The van der Waals surface area contributed by atoms with Gasteiger partial charge >= 0.3 is 11.9 Å². The zero-order valence-corrected chi connectivity index (χ0v) is 24.0. The third-order valence-electron chi connectivity index (χ3n) is 6.69. The fraction of sp³-hybridized carbons (Fsp3) is 0.188. The quantitative estimate of drug-likeness (QED) is 0.295. The molecule has 214 valence electrons. The second kappa shape index (κ2) is 12.3. The SMILES string of the molecule is CCOC(=O)C1=C(C)N=c2s/c(=C\c3ccc(OCc4cccc(C(=O)O)c4)c(OC)c3)c(=O)n2[C@H]1c1ccccc1. The number of fused-ring (bicyclic) bond motifs is 1. The Balaban J connectivity index is 1.50. The number of carbonyl (C=O) groups excluding carboxylic acids is 1. The number of hydrogen-bond acceptors (Lipinski definition) is 8. The van der Waals surface area contributed by atoms with Gasteiger partial charge in [0.2, 0.25) is 0 Å². The van der Waals surface area contributed by atoms with Gasteiger partial charge in [0.15, 0.2) is 16.3 Å². The Bertz CT molecular complexity index is 1870. The van der Waals surface area contributed by atoms with Gasteiger partial charge in [-0.2, -0.15) is 0 Å². The molecule has 1 atom stereocenters. The van der Waals surface area contributed by atoms with Crippen LogP contribution in [0.25, 0.3) is 6.08 Å². The lowest BCUT2D eigenvalue weighted by Gasteiger charge is -2.24. The van der Waals surface area contributed by atoms with Crippen LogP contribution in [0.2, 0.25) is 0 Å². The zero-order chi connectivity index (χ0) is 29.8. The van der Waals surface area contributed by atoms with E-state index in [9.17, 15) is 19.5 Å². The molecular formula is C32H28N2O7S. The summed E-state index contributed by atoms with van der Waals surface area (Å²) in [6.07, 6.45) is 1.75. The molecule has 0 bridgehead atoms. The van der Waals surface area contributed by atoms with Crippen LogP contribution in [0.3, 0.4) is 0 Å². The summed E-state index contributed by atoms with van der Waals surface area (Å²) in [4.78, 5) is 43.2. The number of allylic oxidation sites excluding steroid dienone is 1. The lowest BCUT2D eigenvalue weighted by molar-refractivity contribution is -0.139. The van der Waals surface area contributed by atoms with Crippen LogP contribution < -0.4 is 24.4 Å². The number of rotatable bonds is 9. The van der Waals surface area contributed by atoms with Crippen molar-refractivity contribution in [3.63, 3.8) is 0 Å². The second-order valence-electron chi connectivity index (χ2n) is 9.42. The molecule has 0 amide bonds. The van der Waals surface area contributed by atoms with Crippen molar-refractivity contribution >= 4 is 29.4 Å². The molecule has 1 aliphatic heterocycles. The van der Waals surface area contributed by atoms with E-state index in [4.69, 9.17) is 14.2 Å². The fourth-order valence-electron chi connectivity index (χ4n) is 4.74. The average molecular weight is 585 g/mol. The summed E-state index contributed by atoms with van der Waals surface area (Å²) in [5, 5.41) is 9.23. The molecule has 0 aliphatic carbocycles. The molecular weight excluding hydrogens is 556 g/mol. The largest absolute Gasteiger partial charge is 0.493 e. The van der Waals surface area contributed by atoms with Crippen LogP contribution in [0.1, 0.15) is 46.9 Å². The minimum atomic E-state index is -1.01. The normalized spacial score (nSPS) is 14.6. The maximum absolute atomic E-state index is 13.8. The van der Waals surface area contributed by atoms with Crippen molar-refractivity contribution in [1.82, 2.24) is 4.57 Å². The number of aromatic nitrogens is 1. The Morgan fingerprint density at radius 3 is 2.55 bits per heavy atom. The van der Waals surface area contributed by atoms with Crippen molar-refractivity contribution < 1.29 is 28.9 Å². The molecule has 0 fully saturated rings. The number of carbonyl (C=O) groups is 2. The molecule has 1 aromatic heterocycles. The van der Waals surface area contributed by atoms with Crippen molar-refractivity contribution in [2.45, 2.75) is 26.5 Å². The molecule has 0 saturated carbocycles. The predicted octanol–water partition coefficient (Wildman–Crippen LogP) is 4.08. The number of nitrogens with zero attached hydrogens (tertiary/aromatic N) is 2. The lowest BCUT2D eigenvalue weighted by atomic mass is 9.96. The number of thiazole rings is 1. The first-order chi connectivity index (χ1) is 20.3. The summed E-state index contributed by atoms with van der Waals surface area (Å²) in [5.74, 6) is -0.590. The number of aromatic carboxylic acids is 1. The number of hydrogen-bond donors (Lipinski definition) is 1. The fourth-order valence-corrected chi connectivity index (χ4v) is 5.79. The molecule has 9 nitrogen and oxygen atoms in total. The molecule has 0 spiro atoms. The molecule has 0 radical (unpaired) electrons. The number of carboxylic acids is 1. The van der Waals surface area contributed by atoms with Gasteiger partial charge in [-0.05, 0) is 60.9 Å². The van der Waals surface area contributed by atoms with E-state index in [2.05, 4.69) is 4.99 Å². The summed E-state index contributed by atoms with van der Waals surface area (Å²) in [6.45, 7) is 3.84. The number of carboxylic acid groups (broad SMARTS) is 1. The highest BCUT2D eigenvalue weighted by Crippen LogP contribution is 2.31. The monoisotopic (exact) mass is 584 g/mol. The maximum atomic E-state index is 13.8. The van der Waals surface area contributed by atoms with Crippen LogP contribution in [0.4, 0.5) is 0 Å². The third-order valence-corrected chi connectivity index (χ3v) is 7.67. The highest BCUT2D eigenvalue weighted by atomic mass is 32.1. The third kappa shape index (κ3) is 5.75. The standard InChI is InChI=1S/C32H28N2O7S/c1-4-40-31(38)27-19(2)33-32-34(28(27)22-10-6-5-7-11-22)29(35)26(42-32)17-20-13-14-24(25(16-20)39-3)41-18-21-9-8-12-23(15-21)30(36)37/h5-17,28H,4,18H2,1-3H3,(H,36,37)/b26-17-/t28-/m0/s1. The first-order valence-corrected chi connectivity index (χ1v) is 14.0. The van der Waals surface area contributed by atoms with Crippen LogP contribution in [0.15, 0.2) is 93.9 Å². The molecule has 0 unspecified atom stereocenters. The lowest BCUT2D eigenvalue weighted by Crippen LogP contribution is -2.39. The van der Waals surface area contributed by atoms with E-state index in [1.54, 1.807) is 60.9 Å². The summed E-state index contributed by atoms with van der Waals surface area (Å²) < 4.78 is 18.8. The Hall–Kier alpha value is -4.96. The molecule has 10 heteroatoms. The van der Waals surface area contributed by atoms with Crippen LogP contribution in [-0.2, 0) is 16.1 Å². The minimum Gasteiger partial charge on any atom is -0.493 e. The van der Waals surface area contributed by atoms with Crippen LogP contribution >= 0.6 is 11.3 Å². The van der Waals surface area contributed by atoms with Gasteiger partial charge < -0.3 is 19.3 Å². The molecule has 4 aromatic rings. The van der Waals surface area contributed by atoms with E-state index in [-0.39, 0.29) is 24.3 Å². The first-order valence-electron chi connectivity index (χ1n) is 13.2. The van der Waals surface area contributed by atoms with Crippen molar-refractivity contribution in [3.05, 3.63) is 126 Å².